The quantitative estimate of drug-likeness (QED) is 0.811. The van der Waals surface area contributed by atoms with E-state index in [1.807, 2.05) is 0 Å². The van der Waals surface area contributed by atoms with Crippen LogP contribution in [0.1, 0.15) is 17.5 Å². The Labute approximate surface area is 93.2 Å². The van der Waals surface area contributed by atoms with E-state index in [1.165, 1.54) is 13.0 Å². The fraction of sp³-hybridized carbons (Fsp3) is 0.100. The first-order valence-corrected chi connectivity index (χ1v) is 4.98. The fourth-order valence-electron chi connectivity index (χ4n) is 1.41. The molecule has 0 radical (unpaired) electrons. The third-order valence-electron chi connectivity index (χ3n) is 2.07. The van der Waals surface area contributed by atoms with Crippen molar-refractivity contribution < 1.29 is 13.6 Å². The monoisotopic (exact) mass is 271 g/mol. The molecule has 0 amide bonds. The number of carbonyl (C=O) groups is 1. The third-order valence-corrected chi connectivity index (χ3v) is 2.52. The molecule has 1 heterocycles. The second-order valence-corrected chi connectivity index (χ2v) is 4.08. The topological polar surface area (TPSA) is 56.2 Å². The number of anilines is 1. The largest absolute Gasteiger partial charge is 0.448 e. The van der Waals surface area contributed by atoms with E-state index in [4.69, 9.17) is 10.2 Å². The Morgan fingerprint density at radius 2 is 2.20 bits per heavy atom. The van der Waals surface area contributed by atoms with Gasteiger partial charge in [-0.05, 0) is 12.1 Å². The van der Waals surface area contributed by atoms with Gasteiger partial charge in [0, 0.05) is 16.8 Å². The van der Waals surface area contributed by atoms with Gasteiger partial charge in [0.15, 0.2) is 22.9 Å². The fourth-order valence-corrected chi connectivity index (χ4v) is 1.83. The number of nitrogen functional groups attached to an aromatic ring is 1. The van der Waals surface area contributed by atoms with Crippen LogP contribution in [0.4, 0.5) is 10.1 Å². The zero-order chi connectivity index (χ0) is 11.2. The van der Waals surface area contributed by atoms with Crippen molar-refractivity contribution in [3.8, 4) is 0 Å². The van der Waals surface area contributed by atoms with Crippen molar-refractivity contribution in [1.82, 2.24) is 0 Å². The highest BCUT2D eigenvalue weighted by Gasteiger charge is 2.18. The lowest BCUT2D eigenvalue weighted by molar-refractivity contribution is 0.0990. The summed E-state index contributed by atoms with van der Waals surface area (Å²) in [4.78, 5) is 11.1. The van der Waals surface area contributed by atoms with Crippen molar-refractivity contribution >= 4 is 38.4 Å². The molecule has 0 aliphatic heterocycles. The maximum Gasteiger partial charge on any atom is 0.197 e. The van der Waals surface area contributed by atoms with Gasteiger partial charge in [-0.2, -0.15) is 0 Å². The number of rotatable bonds is 1. The Morgan fingerprint density at radius 1 is 1.53 bits per heavy atom. The predicted octanol–water partition coefficient (Wildman–Crippen LogP) is 3.12. The van der Waals surface area contributed by atoms with Gasteiger partial charge in [0.2, 0.25) is 0 Å². The first-order valence-electron chi connectivity index (χ1n) is 4.18. The van der Waals surface area contributed by atoms with E-state index in [0.717, 1.165) is 0 Å². The van der Waals surface area contributed by atoms with E-state index in [1.54, 1.807) is 6.07 Å². The van der Waals surface area contributed by atoms with Crippen LogP contribution in [-0.4, -0.2) is 5.78 Å². The van der Waals surface area contributed by atoms with Crippen molar-refractivity contribution in [2.45, 2.75) is 6.92 Å². The Kier molecular flexibility index (Phi) is 2.26. The number of fused-ring (bicyclic) bond motifs is 1. The maximum atomic E-state index is 13.4. The van der Waals surface area contributed by atoms with Gasteiger partial charge < -0.3 is 10.2 Å². The van der Waals surface area contributed by atoms with Gasteiger partial charge >= 0.3 is 0 Å². The van der Waals surface area contributed by atoms with Crippen LogP contribution in [0.2, 0.25) is 0 Å². The number of ketones is 1. The molecule has 0 unspecified atom stereocenters. The van der Waals surface area contributed by atoms with Crippen LogP contribution in [0.15, 0.2) is 21.0 Å². The molecule has 0 saturated heterocycles. The Balaban J connectivity index is 2.88. The number of Topliss-reactive ketones (excluding diaryl/α,β-unsaturated/α-hetero) is 1. The summed E-state index contributed by atoms with van der Waals surface area (Å²) in [6, 6.07) is 2.87. The molecule has 0 atom stereocenters. The van der Waals surface area contributed by atoms with Crippen molar-refractivity contribution in [1.29, 1.82) is 0 Å². The molecule has 1 aromatic heterocycles. The van der Waals surface area contributed by atoms with E-state index in [-0.39, 0.29) is 22.8 Å². The van der Waals surface area contributed by atoms with Gasteiger partial charge in [-0.3, -0.25) is 4.79 Å². The molecular weight excluding hydrogens is 265 g/mol. The number of nitrogens with two attached hydrogens (primary N) is 1. The zero-order valence-electron chi connectivity index (χ0n) is 7.80. The minimum atomic E-state index is -0.543. The zero-order valence-corrected chi connectivity index (χ0v) is 9.39. The van der Waals surface area contributed by atoms with Gasteiger partial charge in [-0.15, -0.1) is 0 Å². The number of carbonyl (C=O) groups excluding carboxylic acids is 1. The molecule has 0 bridgehead atoms. The summed E-state index contributed by atoms with van der Waals surface area (Å²) < 4.78 is 19.0. The van der Waals surface area contributed by atoms with Crippen molar-refractivity contribution in [2.24, 2.45) is 0 Å². The summed E-state index contributed by atoms with van der Waals surface area (Å²) in [5.41, 5.74) is 5.87. The molecule has 2 N–H and O–H groups in total. The summed E-state index contributed by atoms with van der Waals surface area (Å²) in [5.74, 6) is -0.861. The summed E-state index contributed by atoms with van der Waals surface area (Å²) in [5, 5.41) is 0.409. The molecule has 1 aromatic carbocycles. The highest BCUT2D eigenvalue weighted by molar-refractivity contribution is 9.10. The van der Waals surface area contributed by atoms with Crippen LogP contribution < -0.4 is 5.73 Å². The smallest absolute Gasteiger partial charge is 0.197 e. The molecular formula is C10H7BrFNO2. The lowest BCUT2D eigenvalue weighted by atomic mass is 10.2. The van der Waals surface area contributed by atoms with Crippen LogP contribution in [-0.2, 0) is 0 Å². The minimum absolute atomic E-state index is 0.00185. The lowest BCUT2D eigenvalue weighted by Crippen LogP contribution is -1.94. The SMILES string of the molecule is CC(=O)c1oc2c(F)cc(Br)cc2c1N. The molecule has 0 aliphatic rings. The maximum absolute atomic E-state index is 13.4. The Bertz CT molecular complexity index is 562. The Morgan fingerprint density at radius 3 is 2.80 bits per heavy atom. The van der Waals surface area contributed by atoms with E-state index in [9.17, 15) is 9.18 Å². The van der Waals surface area contributed by atoms with Crippen LogP contribution in [0.3, 0.4) is 0 Å². The van der Waals surface area contributed by atoms with E-state index >= 15 is 0 Å². The van der Waals surface area contributed by atoms with Gasteiger partial charge in [-0.25, -0.2) is 4.39 Å². The molecule has 2 rings (SSSR count). The highest BCUT2D eigenvalue weighted by atomic mass is 79.9. The van der Waals surface area contributed by atoms with Crippen LogP contribution in [0, 0.1) is 5.82 Å². The Hall–Kier alpha value is -1.36. The second kappa shape index (κ2) is 3.34. The number of hydrogen-bond donors (Lipinski definition) is 1. The van der Waals surface area contributed by atoms with E-state index in [2.05, 4.69) is 15.9 Å². The first-order chi connectivity index (χ1) is 7.00. The van der Waals surface area contributed by atoms with Gasteiger partial charge in [-0.1, -0.05) is 15.9 Å². The molecule has 0 fully saturated rings. The molecule has 2 aromatic rings. The third kappa shape index (κ3) is 1.52. The molecule has 78 valence electrons. The normalized spacial score (nSPS) is 10.9. The predicted molar refractivity (Wildman–Crippen MR) is 58.3 cm³/mol. The molecule has 0 aliphatic carbocycles. The van der Waals surface area contributed by atoms with Crippen LogP contribution >= 0.6 is 15.9 Å². The molecule has 5 heteroatoms. The highest BCUT2D eigenvalue weighted by Crippen LogP contribution is 2.32. The van der Waals surface area contributed by atoms with Crippen molar-refractivity contribution in [2.75, 3.05) is 5.73 Å². The van der Waals surface area contributed by atoms with Crippen LogP contribution in [0.5, 0.6) is 0 Å². The summed E-state index contributed by atoms with van der Waals surface area (Å²) in [7, 11) is 0. The summed E-state index contributed by atoms with van der Waals surface area (Å²) in [6.45, 7) is 1.32. The van der Waals surface area contributed by atoms with E-state index < -0.39 is 5.82 Å². The van der Waals surface area contributed by atoms with Gasteiger partial charge in [0.1, 0.15) is 0 Å². The number of furan rings is 1. The number of hydrogen-bond acceptors (Lipinski definition) is 3. The summed E-state index contributed by atoms with van der Waals surface area (Å²) in [6.07, 6.45) is 0. The molecule has 0 spiro atoms. The molecule has 0 saturated carbocycles. The van der Waals surface area contributed by atoms with Crippen molar-refractivity contribution in [3.05, 3.63) is 28.2 Å². The summed E-state index contributed by atoms with van der Waals surface area (Å²) >= 11 is 3.14. The average Bonchev–Trinajstić information content (AvgIpc) is 2.44. The number of benzene rings is 1. The van der Waals surface area contributed by atoms with Gasteiger partial charge in [0.25, 0.3) is 0 Å². The van der Waals surface area contributed by atoms with Crippen molar-refractivity contribution in [3.63, 3.8) is 0 Å². The standard InChI is InChI=1S/C10H7BrFNO2/c1-4(14)9-8(13)6-2-5(11)3-7(12)10(6)15-9/h2-3H,13H2,1H3. The first kappa shape index (κ1) is 10.2. The number of halogens is 2. The van der Waals surface area contributed by atoms with Gasteiger partial charge in [0.05, 0.1) is 5.69 Å². The molecule has 15 heavy (non-hydrogen) atoms. The average molecular weight is 272 g/mol. The lowest BCUT2D eigenvalue weighted by Gasteiger charge is -1.93. The molecule has 3 nitrogen and oxygen atoms in total. The second-order valence-electron chi connectivity index (χ2n) is 3.17. The minimum Gasteiger partial charge on any atom is -0.448 e. The van der Waals surface area contributed by atoms with Crippen LogP contribution in [0.25, 0.3) is 11.0 Å². The van der Waals surface area contributed by atoms with E-state index in [0.29, 0.717) is 9.86 Å².